The molecule has 1 N–H and O–H groups in total. The van der Waals surface area contributed by atoms with Gasteiger partial charge in [-0.3, -0.25) is 4.90 Å². The first-order valence-corrected chi connectivity index (χ1v) is 6.79. The van der Waals surface area contributed by atoms with Crippen molar-refractivity contribution in [2.75, 3.05) is 19.6 Å². The van der Waals surface area contributed by atoms with Gasteiger partial charge in [-0.2, -0.15) is 0 Å². The van der Waals surface area contributed by atoms with E-state index < -0.39 is 0 Å². The van der Waals surface area contributed by atoms with Gasteiger partial charge in [-0.25, -0.2) is 0 Å². The fourth-order valence-electron chi connectivity index (χ4n) is 2.30. The predicted molar refractivity (Wildman–Crippen MR) is 70.1 cm³/mol. The number of hydrogen-bond donors (Lipinski definition) is 1. The van der Waals surface area contributed by atoms with E-state index in [0.717, 1.165) is 24.8 Å². The van der Waals surface area contributed by atoms with Gasteiger partial charge in [0.1, 0.15) is 5.76 Å². The Bertz CT molecular complexity index is 306. The molecule has 0 aliphatic heterocycles. The summed E-state index contributed by atoms with van der Waals surface area (Å²) in [5, 5.41) is 3.57. The van der Waals surface area contributed by atoms with Crippen LogP contribution in [-0.2, 0) is 6.42 Å². The maximum absolute atomic E-state index is 5.35. The molecule has 17 heavy (non-hydrogen) atoms. The Morgan fingerprint density at radius 2 is 2.35 bits per heavy atom. The van der Waals surface area contributed by atoms with Gasteiger partial charge in [-0.15, -0.1) is 0 Å². The number of hydrogen-bond acceptors (Lipinski definition) is 3. The van der Waals surface area contributed by atoms with Crippen molar-refractivity contribution in [2.45, 2.75) is 45.2 Å². The number of furan rings is 1. The zero-order valence-corrected chi connectivity index (χ0v) is 11.0. The molecule has 1 heterocycles. The van der Waals surface area contributed by atoms with Crippen LogP contribution in [0.5, 0.6) is 0 Å². The van der Waals surface area contributed by atoms with E-state index in [1.807, 2.05) is 12.1 Å². The highest BCUT2D eigenvalue weighted by Gasteiger charge is 2.27. The topological polar surface area (TPSA) is 28.4 Å². The van der Waals surface area contributed by atoms with Crippen molar-refractivity contribution in [1.82, 2.24) is 10.2 Å². The molecule has 1 unspecified atom stereocenters. The number of rotatable bonds is 8. The van der Waals surface area contributed by atoms with Crippen molar-refractivity contribution in [1.29, 1.82) is 0 Å². The quantitative estimate of drug-likeness (QED) is 0.750. The lowest BCUT2D eigenvalue weighted by molar-refractivity contribution is 0.272. The number of nitrogens with zero attached hydrogens (tertiary/aromatic N) is 1. The van der Waals surface area contributed by atoms with E-state index in [1.165, 1.54) is 25.9 Å². The molecule has 0 saturated heterocycles. The molecule has 1 aromatic heterocycles. The minimum Gasteiger partial charge on any atom is -0.469 e. The molecule has 1 saturated carbocycles. The van der Waals surface area contributed by atoms with Crippen molar-refractivity contribution < 1.29 is 4.42 Å². The Morgan fingerprint density at radius 1 is 1.53 bits per heavy atom. The molecule has 0 amide bonds. The minimum atomic E-state index is 0.485. The van der Waals surface area contributed by atoms with Crippen LogP contribution >= 0.6 is 0 Å². The molecule has 1 aliphatic rings. The first-order valence-electron chi connectivity index (χ1n) is 6.79. The Hall–Kier alpha value is -0.800. The summed E-state index contributed by atoms with van der Waals surface area (Å²) in [7, 11) is 0. The molecule has 0 aromatic carbocycles. The number of likely N-dealkylation sites (N-methyl/N-ethyl adjacent to an activating group) is 1. The van der Waals surface area contributed by atoms with Crippen LogP contribution in [0.4, 0.5) is 0 Å². The maximum atomic E-state index is 5.35. The first kappa shape index (κ1) is 12.7. The van der Waals surface area contributed by atoms with Crippen LogP contribution in [0.2, 0.25) is 0 Å². The Labute approximate surface area is 104 Å². The zero-order chi connectivity index (χ0) is 12.1. The third kappa shape index (κ3) is 4.17. The predicted octanol–water partition coefficient (Wildman–Crippen LogP) is 2.28. The van der Waals surface area contributed by atoms with Gasteiger partial charge < -0.3 is 9.73 Å². The van der Waals surface area contributed by atoms with Crippen LogP contribution in [0.15, 0.2) is 22.8 Å². The molecule has 1 fully saturated rings. The van der Waals surface area contributed by atoms with Crippen LogP contribution in [0.25, 0.3) is 0 Å². The van der Waals surface area contributed by atoms with E-state index in [9.17, 15) is 0 Å². The average Bonchev–Trinajstić information content (AvgIpc) is 3.03. The van der Waals surface area contributed by atoms with E-state index >= 15 is 0 Å². The lowest BCUT2D eigenvalue weighted by Gasteiger charge is -2.21. The van der Waals surface area contributed by atoms with Crippen molar-refractivity contribution in [3.8, 4) is 0 Å². The molecular weight excluding hydrogens is 212 g/mol. The van der Waals surface area contributed by atoms with Crippen molar-refractivity contribution >= 4 is 0 Å². The molecule has 0 radical (unpaired) electrons. The van der Waals surface area contributed by atoms with Crippen LogP contribution in [0.1, 0.15) is 32.4 Å². The SMILES string of the molecule is CCN(CCNC(C)Cc1ccco1)C1CC1. The smallest absolute Gasteiger partial charge is 0.105 e. The fraction of sp³-hybridized carbons (Fsp3) is 0.714. The summed E-state index contributed by atoms with van der Waals surface area (Å²) in [5.74, 6) is 1.07. The van der Waals surface area contributed by atoms with Gasteiger partial charge in [0.15, 0.2) is 0 Å². The highest BCUT2D eigenvalue weighted by Crippen LogP contribution is 2.25. The summed E-state index contributed by atoms with van der Waals surface area (Å²) in [4.78, 5) is 2.58. The van der Waals surface area contributed by atoms with E-state index in [-0.39, 0.29) is 0 Å². The minimum absolute atomic E-state index is 0.485. The zero-order valence-electron chi connectivity index (χ0n) is 11.0. The third-order valence-electron chi connectivity index (χ3n) is 3.45. The molecule has 1 aliphatic carbocycles. The summed E-state index contributed by atoms with van der Waals surface area (Å²) in [5.41, 5.74) is 0. The monoisotopic (exact) mass is 236 g/mol. The molecule has 2 rings (SSSR count). The van der Waals surface area contributed by atoms with E-state index in [2.05, 4.69) is 24.1 Å². The van der Waals surface area contributed by atoms with Crippen LogP contribution < -0.4 is 5.32 Å². The van der Waals surface area contributed by atoms with Crippen LogP contribution in [-0.4, -0.2) is 36.6 Å². The molecule has 0 spiro atoms. The average molecular weight is 236 g/mol. The van der Waals surface area contributed by atoms with Crippen molar-refractivity contribution in [3.05, 3.63) is 24.2 Å². The third-order valence-corrected chi connectivity index (χ3v) is 3.45. The first-order chi connectivity index (χ1) is 8.29. The van der Waals surface area contributed by atoms with Gasteiger partial charge in [0.25, 0.3) is 0 Å². The van der Waals surface area contributed by atoms with E-state index in [1.54, 1.807) is 6.26 Å². The van der Waals surface area contributed by atoms with E-state index in [4.69, 9.17) is 4.42 Å². The molecule has 0 bridgehead atoms. The van der Waals surface area contributed by atoms with Crippen molar-refractivity contribution in [2.24, 2.45) is 0 Å². The molecular formula is C14H24N2O. The maximum Gasteiger partial charge on any atom is 0.105 e. The number of nitrogens with one attached hydrogen (secondary N) is 1. The molecule has 1 atom stereocenters. The Morgan fingerprint density at radius 3 is 2.94 bits per heavy atom. The van der Waals surface area contributed by atoms with Gasteiger partial charge in [-0.05, 0) is 38.4 Å². The summed E-state index contributed by atoms with van der Waals surface area (Å²) >= 11 is 0. The van der Waals surface area contributed by atoms with Crippen LogP contribution in [0.3, 0.4) is 0 Å². The Balaban J connectivity index is 1.60. The van der Waals surface area contributed by atoms with Gasteiger partial charge in [-0.1, -0.05) is 6.92 Å². The molecule has 1 aromatic rings. The fourth-order valence-corrected chi connectivity index (χ4v) is 2.30. The highest BCUT2D eigenvalue weighted by atomic mass is 16.3. The summed E-state index contributed by atoms with van der Waals surface area (Å²) < 4.78 is 5.35. The van der Waals surface area contributed by atoms with Crippen molar-refractivity contribution in [3.63, 3.8) is 0 Å². The molecule has 3 heteroatoms. The highest BCUT2D eigenvalue weighted by molar-refractivity contribution is 4.99. The van der Waals surface area contributed by atoms with E-state index in [0.29, 0.717) is 6.04 Å². The second-order valence-electron chi connectivity index (χ2n) is 5.00. The van der Waals surface area contributed by atoms with Gasteiger partial charge in [0, 0.05) is 31.6 Å². The lowest BCUT2D eigenvalue weighted by Crippen LogP contribution is -2.37. The second-order valence-corrected chi connectivity index (χ2v) is 5.00. The largest absolute Gasteiger partial charge is 0.469 e. The van der Waals surface area contributed by atoms with Crippen LogP contribution in [0, 0.1) is 0 Å². The molecule has 3 nitrogen and oxygen atoms in total. The standard InChI is InChI=1S/C14H24N2O/c1-3-16(13-6-7-13)9-8-15-12(2)11-14-5-4-10-17-14/h4-5,10,12-13,15H,3,6-9,11H2,1-2H3. The molecule has 96 valence electrons. The summed E-state index contributed by atoms with van der Waals surface area (Å²) in [6, 6.07) is 5.36. The summed E-state index contributed by atoms with van der Waals surface area (Å²) in [6.45, 7) is 7.90. The van der Waals surface area contributed by atoms with Gasteiger partial charge in [0.05, 0.1) is 6.26 Å². The normalized spacial score (nSPS) is 17.6. The second kappa shape index (κ2) is 6.22. The Kier molecular flexibility index (Phi) is 4.63. The lowest BCUT2D eigenvalue weighted by atomic mass is 10.2. The summed E-state index contributed by atoms with van der Waals surface area (Å²) in [6.07, 6.45) is 5.52. The van der Waals surface area contributed by atoms with Gasteiger partial charge in [0.2, 0.25) is 0 Å². The van der Waals surface area contributed by atoms with Gasteiger partial charge >= 0.3 is 0 Å².